The van der Waals surface area contributed by atoms with Gasteiger partial charge in [0.15, 0.2) is 0 Å². The number of hydrogen-bond donors (Lipinski definition) is 2. The van der Waals surface area contributed by atoms with Crippen molar-refractivity contribution in [1.82, 2.24) is 5.32 Å². The number of amides is 1. The third kappa shape index (κ3) is 3.90. The molecule has 0 radical (unpaired) electrons. The van der Waals surface area contributed by atoms with Gasteiger partial charge in [-0.05, 0) is 31.9 Å². The van der Waals surface area contributed by atoms with Crippen LogP contribution >= 0.6 is 11.8 Å². The summed E-state index contributed by atoms with van der Waals surface area (Å²) in [5.74, 6) is 0.594. The number of rotatable bonds is 7. The van der Waals surface area contributed by atoms with Crippen LogP contribution < -0.4 is 5.32 Å². The van der Waals surface area contributed by atoms with Gasteiger partial charge < -0.3 is 10.4 Å². The first-order valence-corrected chi connectivity index (χ1v) is 7.76. The highest BCUT2D eigenvalue weighted by atomic mass is 32.2. The molecule has 1 aliphatic carbocycles. The molecule has 1 aliphatic rings. The topological polar surface area (TPSA) is 66.4 Å². The molecule has 0 heterocycles. The first kappa shape index (κ1) is 15.3. The summed E-state index contributed by atoms with van der Waals surface area (Å²) in [6.07, 6.45) is 4.55. The lowest BCUT2D eigenvalue weighted by Crippen LogP contribution is -2.47. The molecule has 18 heavy (non-hydrogen) atoms. The Morgan fingerprint density at radius 2 is 2.22 bits per heavy atom. The molecule has 0 aromatic rings. The fourth-order valence-corrected chi connectivity index (χ4v) is 3.21. The standard InChI is InChI=1S/C13H23NO3S/c1-3-4-8-18-9-11(15)14-10-6-5-7-13(10,2)12(16)17/h10H,3-9H2,1-2H3,(H,14,15)(H,16,17). The number of carbonyl (C=O) groups is 2. The van der Waals surface area contributed by atoms with E-state index in [-0.39, 0.29) is 11.9 Å². The van der Waals surface area contributed by atoms with E-state index in [1.807, 2.05) is 0 Å². The molecule has 0 spiro atoms. The molecule has 0 bridgehead atoms. The van der Waals surface area contributed by atoms with Crippen molar-refractivity contribution in [3.05, 3.63) is 0 Å². The van der Waals surface area contributed by atoms with Gasteiger partial charge in [-0.25, -0.2) is 0 Å². The van der Waals surface area contributed by atoms with Crippen LogP contribution in [0.25, 0.3) is 0 Å². The summed E-state index contributed by atoms with van der Waals surface area (Å²) in [7, 11) is 0. The van der Waals surface area contributed by atoms with Gasteiger partial charge in [-0.3, -0.25) is 9.59 Å². The van der Waals surface area contributed by atoms with Crippen LogP contribution in [0, 0.1) is 5.41 Å². The Balaban J connectivity index is 2.37. The van der Waals surface area contributed by atoms with Crippen molar-refractivity contribution in [2.45, 2.75) is 52.0 Å². The largest absolute Gasteiger partial charge is 0.481 e. The van der Waals surface area contributed by atoms with Crippen LogP contribution in [0.5, 0.6) is 0 Å². The second kappa shape index (κ2) is 7.02. The quantitative estimate of drug-likeness (QED) is 0.698. The lowest BCUT2D eigenvalue weighted by molar-refractivity contribution is -0.149. The van der Waals surface area contributed by atoms with Crippen LogP contribution in [0.1, 0.15) is 46.0 Å². The van der Waals surface area contributed by atoms with E-state index in [9.17, 15) is 14.7 Å². The van der Waals surface area contributed by atoms with Crippen molar-refractivity contribution >= 4 is 23.6 Å². The van der Waals surface area contributed by atoms with Crippen molar-refractivity contribution in [3.63, 3.8) is 0 Å². The average Bonchev–Trinajstić information content (AvgIpc) is 2.68. The summed E-state index contributed by atoms with van der Waals surface area (Å²) in [5.41, 5.74) is -0.788. The van der Waals surface area contributed by atoms with E-state index in [0.29, 0.717) is 12.2 Å². The zero-order valence-corrected chi connectivity index (χ0v) is 12.0. The molecular formula is C13H23NO3S. The van der Waals surface area contributed by atoms with Gasteiger partial charge >= 0.3 is 5.97 Å². The predicted octanol–water partition coefficient (Wildman–Crippen LogP) is 2.28. The van der Waals surface area contributed by atoms with E-state index >= 15 is 0 Å². The summed E-state index contributed by atoms with van der Waals surface area (Å²) in [6.45, 7) is 3.86. The highest BCUT2D eigenvalue weighted by Crippen LogP contribution is 2.38. The maximum atomic E-state index is 11.7. The first-order chi connectivity index (χ1) is 8.50. The van der Waals surface area contributed by atoms with Crippen LogP contribution in [0.3, 0.4) is 0 Å². The maximum Gasteiger partial charge on any atom is 0.311 e. The summed E-state index contributed by atoms with van der Waals surface area (Å²) < 4.78 is 0. The van der Waals surface area contributed by atoms with E-state index in [1.165, 1.54) is 0 Å². The molecule has 1 rings (SSSR count). The molecule has 1 amide bonds. The van der Waals surface area contributed by atoms with Crippen molar-refractivity contribution in [2.24, 2.45) is 5.41 Å². The number of aliphatic carboxylic acids is 1. The molecule has 0 saturated heterocycles. The van der Waals surface area contributed by atoms with Gasteiger partial charge in [-0.15, -0.1) is 0 Å². The van der Waals surface area contributed by atoms with Crippen LogP contribution in [-0.2, 0) is 9.59 Å². The molecular weight excluding hydrogens is 250 g/mol. The Bertz CT molecular complexity index is 309. The minimum atomic E-state index is -0.802. The van der Waals surface area contributed by atoms with Crippen molar-refractivity contribution < 1.29 is 14.7 Å². The maximum absolute atomic E-state index is 11.7. The third-order valence-electron chi connectivity index (χ3n) is 3.66. The smallest absolute Gasteiger partial charge is 0.311 e. The Morgan fingerprint density at radius 3 is 2.83 bits per heavy atom. The normalized spacial score (nSPS) is 27.1. The van der Waals surface area contributed by atoms with Crippen LogP contribution in [-0.4, -0.2) is 34.5 Å². The molecule has 0 aliphatic heterocycles. The van der Waals surface area contributed by atoms with Gasteiger partial charge in [0, 0.05) is 6.04 Å². The van der Waals surface area contributed by atoms with Crippen LogP contribution in [0.4, 0.5) is 0 Å². The van der Waals surface area contributed by atoms with Crippen molar-refractivity contribution in [3.8, 4) is 0 Å². The van der Waals surface area contributed by atoms with Gasteiger partial charge in [0.25, 0.3) is 0 Å². The van der Waals surface area contributed by atoms with Crippen LogP contribution in [0.2, 0.25) is 0 Å². The predicted molar refractivity (Wildman–Crippen MR) is 73.8 cm³/mol. The van der Waals surface area contributed by atoms with Crippen molar-refractivity contribution in [1.29, 1.82) is 0 Å². The first-order valence-electron chi connectivity index (χ1n) is 6.61. The molecule has 0 aromatic carbocycles. The lowest BCUT2D eigenvalue weighted by Gasteiger charge is -2.27. The number of hydrogen-bond acceptors (Lipinski definition) is 3. The second-order valence-electron chi connectivity index (χ2n) is 5.14. The molecule has 5 heteroatoms. The van der Waals surface area contributed by atoms with E-state index in [4.69, 9.17) is 0 Å². The summed E-state index contributed by atoms with van der Waals surface area (Å²) >= 11 is 1.62. The molecule has 1 saturated carbocycles. The SMILES string of the molecule is CCCCSCC(=O)NC1CCCC1(C)C(=O)O. The molecule has 2 atom stereocenters. The van der Waals surface area contributed by atoms with Crippen LogP contribution in [0.15, 0.2) is 0 Å². The van der Waals surface area contributed by atoms with E-state index in [2.05, 4.69) is 12.2 Å². The van der Waals surface area contributed by atoms with Gasteiger partial charge in [0.05, 0.1) is 11.2 Å². The highest BCUT2D eigenvalue weighted by Gasteiger charge is 2.45. The Kier molecular flexibility index (Phi) is 5.99. The van der Waals surface area contributed by atoms with Crippen molar-refractivity contribution in [2.75, 3.05) is 11.5 Å². The molecule has 104 valence electrons. The van der Waals surface area contributed by atoms with Gasteiger partial charge in [0.1, 0.15) is 0 Å². The second-order valence-corrected chi connectivity index (χ2v) is 6.25. The van der Waals surface area contributed by atoms with E-state index in [1.54, 1.807) is 18.7 Å². The minimum absolute atomic E-state index is 0.0320. The number of carboxylic acids is 1. The zero-order chi connectivity index (χ0) is 13.6. The monoisotopic (exact) mass is 273 g/mol. The lowest BCUT2D eigenvalue weighted by atomic mass is 9.85. The molecule has 2 N–H and O–H groups in total. The Hall–Kier alpha value is -0.710. The molecule has 4 nitrogen and oxygen atoms in total. The van der Waals surface area contributed by atoms with E-state index in [0.717, 1.165) is 31.4 Å². The zero-order valence-electron chi connectivity index (χ0n) is 11.2. The molecule has 1 fully saturated rings. The number of unbranched alkanes of at least 4 members (excludes halogenated alkanes) is 1. The van der Waals surface area contributed by atoms with Gasteiger partial charge in [0.2, 0.25) is 5.91 Å². The average molecular weight is 273 g/mol. The minimum Gasteiger partial charge on any atom is -0.481 e. The van der Waals surface area contributed by atoms with Gasteiger partial charge in [-0.1, -0.05) is 19.8 Å². The number of carboxylic acid groups (broad SMARTS) is 1. The summed E-state index contributed by atoms with van der Waals surface area (Å²) in [5, 5.41) is 12.1. The third-order valence-corrected chi connectivity index (χ3v) is 4.70. The molecule has 0 aromatic heterocycles. The Morgan fingerprint density at radius 1 is 1.50 bits per heavy atom. The summed E-state index contributed by atoms with van der Waals surface area (Å²) in [4.78, 5) is 23.0. The van der Waals surface area contributed by atoms with Gasteiger partial charge in [-0.2, -0.15) is 11.8 Å². The number of nitrogens with one attached hydrogen (secondary N) is 1. The number of thioether (sulfide) groups is 1. The molecule has 2 unspecified atom stereocenters. The fraction of sp³-hybridized carbons (Fsp3) is 0.846. The van der Waals surface area contributed by atoms with E-state index < -0.39 is 11.4 Å². The highest BCUT2D eigenvalue weighted by molar-refractivity contribution is 7.99. The summed E-state index contributed by atoms with van der Waals surface area (Å²) in [6, 6.07) is -0.214. The number of carbonyl (C=O) groups excluding carboxylic acids is 1. The fourth-order valence-electron chi connectivity index (χ4n) is 2.30. The Labute approximate surface area is 113 Å².